The molecule has 0 aliphatic carbocycles. The number of likely N-dealkylation sites (N-methyl/N-ethyl adjacent to an activating group) is 1. The Labute approximate surface area is 191 Å². The maximum Gasteiger partial charge on any atom is 0.251 e. The van der Waals surface area contributed by atoms with Crippen LogP contribution in [-0.4, -0.2) is 74.0 Å². The largest absolute Gasteiger partial charge is 0.351 e. The van der Waals surface area contributed by atoms with Crippen molar-refractivity contribution in [3.05, 3.63) is 53.6 Å². The lowest BCUT2D eigenvalue weighted by Gasteiger charge is -2.33. The first-order chi connectivity index (χ1) is 15.6. The van der Waals surface area contributed by atoms with Crippen molar-refractivity contribution in [1.29, 1.82) is 0 Å². The van der Waals surface area contributed by atoms with E-state index in [1.54, 1.807) is 0 Å². The highest BCUT2D eigenvalue weighted by Gasteiger charge is 2.23. The van der Waals surface area contributed by atoms with Gasteiger partial charge in [-0.2, -0.15) is 0 Å². The van der Waals surface area contributed by atoms with E-state index in [0.717, 1.165) is 69.0 Å². The summed E-state index contributed by atoms with van der Waals surface area (Å²) in [7, 11) is 0. The van der Waals surface area contributed by atoms with E-state index >= 15 is 0 Å². The fraction of sp³-hybridized carbons (Fsp3) is 0.462. The first-order valence-electron chi connectivity index (χ1n) is 11.9. The van der Waals surface area contributed by atoms with Crippen LogP contribution >= 0.6 is 0 Å². The second-order valence-electron chi connectivity index (χ2n) is 8.60. The number of benzene rings is 2. The molecule has 1 fully saturated rings. The van der Waals surface area contributed by atoms with Crippen molar-refractivity contribution in [3.8, 4) is 11.1 Å². The summed E-state index contributed by atoms with van der Waals surface area (Å²) in [5.41, 5.74) is 5.13. The minimum atomic E-state index is -0.0218. The standard InChI is InChI=1S/C26H34N4O2/c1-3-25(31)30-13-11-23-19-22(9-10-24(23)30)20-5-7-21(8-6-20)26(32)27-12-14-29-17-15-28(4-2)16-18-29/h5-10,19H,3-4,11-18H2,1-2H3,(H,27,32). The first kappa shape index (κ1) is 22.5. The van der Waals surface area contributed by atoms with Crippen molar-refractivity contribution < 1.29 is 9.59 Å². The number of anilines is 1. The lowest BCUT2D eigenvalue weighted by Crippen LogP contribution is -2.48. The number of nitrogens with one attached hydrogen (secondary N) is 1. The molecular formula is C26H34N4O2. The lowest BCUT2D eigenvalue weighted by molar-refractivity contribution is -0.118. The number of hydrogen-bond acceptors (Lipinski definition) is 4. The number of hydrogen-bond donors (Lipinski definition) is 1. The number of rotatable bonds is 7. The number of piperazine rings is 1. The third-order valence-corrected chi connectivity index (χ3v) is 6.68. The number of amides is 2. The van der Waals surface area contributed by atoms with E-state index in [2.05, 4.69) is 34.2 Å². The van der Waals surface area contributed by atoms with Gasteiger partial charge in [0.2, 0.25) is 5.91 Å². The molecule has 1 saturated heterocycles. The Morgan fingerprint density at radius 2 is 1.56 bits per heavy atom. The van der Waals surface area contributed by atoms with E-state index in [1.807, 2.05) is 42.2 Å². The van der Waals surface area contributed by atoms with Crippen LogP contribution in [0.25, 0.3) is 11.1 Å². The Hall–Kier alpha value is -2.70. The van der Waals surface area contributed by atoms with Gasteiger partial charge in [0.1, 0.15) is 0 Å². The van der Waals surface area contributed by atoms with Crippen molar-refractivity contribution in [1.82, 2.24) is 15.1 Å². The molecule has 2 aromatic carbocycles. The summed E-state index contributed by atoms with van der Waals surface area (Å²) in [5, 5.41) is 3.05. The molecule has 0 atom stereocenters. The average molecular weight is 435 g/mol. The van der Waals surface area contributed by atoms with E-state index < -0.39 is 0 Å². The summed E-state index contributed by atoms with van der Waals surface area (Å²) < 4.78 is 0. The summed E-state index contributed by atoms with van der Waals surface area (Å²) in [6.45, 7) is 11.9. The van der Waals surface area contributed by atoms with Crippen LogP contribution in [-0.2, 0) is 11.2 Å². The first-order valence-corrected chi connectivity index (χ1v) is 11.9. The molecule has 6 heteroatoms. The van der Waals surface area contributed by atoms with Crippen LogP contribution in [0.3, 0.4) is 0 Å². The van der Waals surface area contributed by atoms with Crippen LogP contribution in [0.5, 0.6) is 0 Å². The van der Waals surface area contributed by atoms with Crippen LogP contribution in [0.4, 0.5) is 5.69 Å². The molecule has 1 N–H and O–H groups in total. The van der Waals surface area contributed by atoms with Gasteiger partial charge in [0.05, 0.1) is 0 Å². The molecule has 2 aliphatic rings. The summed E-state index contributed by atoms with van der Waals surface area (Å²) in [6, 6.07) is 14.1. The molecule has 170 valence electrons. The molecule has 0 aromatic heterocycles. The minimum absolute atomic E-state index is 0.0218. The summed E-state index contributed by atoms with van der Waals surface area (Å²) in [5.74, 6) is 0.154. The fourth-order valence-corrected chi connectivity index (χ4v) is 4.60. The Bertz CT molecular complexity index is 949. The zero-order valence-electron chi connectivity index (χ0n) is 19.3. The maximum absolute atomic E-state index is 12.5. The predicted molar refractivity (Wildman–Crippen MR) is 129 cm³/mol. The maximum atomic E-state index is 12.5. The smallest absolute Gasteiger partial charge is 0.251 e. The second-order valence-corrected chi connectivity index (χ2v) is 8.60. The highest BCUT2D eigenvalue weighted by molar-refractivity contribution is 5.96. The number of nitrogens with zero attached hydrogens (tertiary/aromatic N) is 3. The molecule has 0 spiro atoms. The van der Waals surface area contributed by atoms with E-state index in [-0.39, 0.29) is 11.8 Å². The van der Waals surface area contributed by atoms with Crippen LogP contribution in [0.15, 0.2) is 42.5 Å². The Morgan fingerprint density at radius 1 is 0.875 bits per heavy atom. The van der Waals surface area contributed by atoms with E-state index in [4.69, 9.17) is 0 Å². The topological polar surface area (TPSA) is 55.9 Å². The van der Waals surface area contributed by atoms with Gasteiger partial charge in [0, 0.05) is 63.5 Å². The van der Waals surface area contributed by atoms with Crippen molar-refractivity contribution in [2.24, 2.45) is 0 Å². The van der Waals surface area contributed by atoms with Gasteiger partial charge in [-0.3, -0.25) is 14.5 Å². The highest BCUT2D eigenvalue weighted by atomic mass is 16.2. The minimum Gasteiger partial charge on any atom is -0.351 e. The SMILES string of the molecule is CCC(=O)N1CCc2cc(-c3ccc(C(=O)NCCN4CCN(CC)CC4)cc3)ccc21. The van der Waals surface area contributed by atoms with Gasteiger partial charge in [-0.1, -0.05) is 32.0 Å². The van der Waals surface area contributed by atoms with Crippen molar-refractivity contribution >= 4 is 17.5 Å². The Balaban J connectivity index is 1.31. The van der Waals surface area contributed by atoms with Gasteiger partial charge in [-0.05, 0) is 53.9 Å². The predicted octanol–water partition coefficient (Wildman–Crippen LogP) is 3.02. The molecule has 2 aromatic rings. The molecular weight excluding hydrogens is 400 g/mol. The molecule has 32 heavy (non-hydrogen) atoms. The van der Waals surface area contributed by atoms with Crippen LogP contribution in [0, 0.1) is 0 Å². The number of carbonyl (C=O) groups excluding carboxylic acids is 2. The van der Waals surface area contributed by atoms with Gasteiger partial charge < -0.3 is 15.1 Å². The van der Waals surface area contributed by atoms with Crippen molar-refractivity contribution in [3.63, 3.8) is 0 Å². The quantitative estimate of drug-likeness (QED) is 0.728. The highest BCUT2D eigenvalue weighted by Crippen LogP contribution is 2.32. The average Bonchev–Trinajstić information content (AvgIpc) is 3.27. The van der Waals surface area contributed by atoms with Crippen LogP contribution in [0.1, 0.15) is 36.2 Å². The third-order valence-electron chi connectivity index (χ3n) is 6.68. The molecule has 0 saturated carbocycles. The molecule has 0 bridgehead atoms. The van der Waals surface area contributed by atoms with Gasteiger partial charge >= 0.3 is 0 Å². The lowest BCUT2D eigenvalue weighted by atomic mass is 10.0. The zero-order chi connectivity index (χ0) is 22.5. The zero-order valence-corrected chi connectivity index (χ0v) is 19.3. The molecule has 0 radical (unpaired) electrons. The van der Waals surface area contributed by atoms with Gasteiger partial charge in [0.15, 0.2) is 0 Å². The van der Waals surface area contributed by atoms with E-state index in [0.29, 0.717) is 18.5 Å². The van der Waals surface area contributed by atoms with Crippen LogP contribution < -0.4 is 10.2 Å². The Morgan fingerprint density at radius 3 is 2.25 bits per heavy atom. The molecule has 0 unspecified atom stereocenters. The summed E-state index contributed by atoms with van der Waals surface area (Å²) in [6.07, 6.45) is 1.42. The van der Waals surface area contributed by atoms with E-state index in [1.165, 1.54) is 5.56 Å². The van der Waals surface area contributed by atoms with Crippen molar-refractivity contribution in [2.45, 2.75) is 26.7 Å². The third kappa shape index (κ3) is 5.03. The summed E-state index contributed by atoms with van der Waals surface area (Å²) >= 11 is 0. The van der Waals surface area contributed by atoms with Gasteiger partial charge in [-0.15, -0.1) is 0 Å². The normalized spacial score (nSPS) is 16.8. The summed E-state index contributed by atoms with van der Waals surface area (Å²) in [4.78, 5) is 31.4. The number of fused-ring (bicyclic) bond motifs is 1. The second kappa shape index (κ2) is 10.3. The molecule has 6 nitrogen and oxygen atoms in total. The molecule has 4 rings (SSSR count). The fourth-order valence-electron chi connectivity index (χ4n) is 4.60. The molecule has 2 aliphatic heterocycles. The number of carbonyl (C=O) groups is 2. The van der Waals surface area contributed by atoms with E-state index in [9.17, 15) is 9.59 Å². The van der Waals surface area contributed by atoms with Crippen LogP contribution in [0.2, 0.25) is 0 Å². The Kier molecular flexibility index (Phi) is 7.22. The molecule has 2 amide bonds. The van der Waals surface area contributed by atoms with Gasteiger partial charge in [-0.25, -0.2) is 0 Å². The van der Waals surface area contributed by atoms with Crippen molar-refractivity contribution in [2.75, 3.05) is 57.3 Å². The monoisotopic (exact) mass is 434 g/mol. The molecule has 2 heterocycles. The van der Waals surface area contributed by atoms with Gasteiger partial charge in [0.25, 0.3) is 5.91 Å².